The van der Waals surface area contributed by atoms with Crippen LogP contribution < -0.4 is 20.3 Å². The molecule has 28 heavy (non-hydrogen) atoms. The summed E-state index contributed by atoms with van der Waals surface area (Å²) in [4.78, 5) is 24.6. The number of methoxy groups -OCH3 is 1. The van der Waals surface area contributed by atoms with Gasteiger partial charge in [0.1, 0.15) is 0 Å². The Kier molecular flexibility index (Phi) is 6.53. The SMILES string of the molecule is CCc1ccc(C(=O)NNC(=O)c2ccc(OC3CCCC3)c(OC)c2)cc1. The van der Waals surface area contributed by atoms with Gasteiger partial charge in [-0.3, -0.25) is 20.4 Å². The molecular weight excluding hydrogens is 356 g/mol. The van der Waals surface area contributed by atoms with E-state index in [1.54, 1.807) is 37.4 Å². The molecule has 0 bridgehead atoms. The Morgan fingerprint density at radius 1 is 0.929 bits per heavy atom. The van der Waals surface area contributed by atoms with Crippen LogP contribution in [0, 0.1) is 0 Å². The number of ether oxygens (including phenoxy) is 2. The van der Waals surface area contributed by atoms with Crippen molar-refractivity contribution in [3.8, 4) is 11.5 Å². The Balaban J connectivity index is 1.60. The van der Waals surface area contributed by atoms with Crippen LogP contribution in [0.1, 0.15) is 58.9 Å². The van der Waals surface area contributed by atoms with Crippen molar-refractivity contribution in [1.82, 2.24) is 10.9 Å². The molecule has 0 spiro atoms. The normalized spacial score (nSPS) is 13.8. The van der Waals surface area contributed by atoms with Crippen LogP contribution in [0.2, 0.25) is 0 Å². The summed E-state index contributed by atoms with van der Waals surface area (Å²) in [5.74, 6) is 0.334. The fourth-order valence-electron chi connectivity index (χ4n) is 3.24. The number of carbonyl (C=O) groups excluding carboxylic acids is 2. The van der Waals surface area contributed by atoms with Crippen molar-refractivity contribution in [2.24, 2.45) is 0 Å². The Hall–Kier alpha value is -3.02. The van der Waals surface area contributed by atoms with Gasteiger partial charge in [0, 0.05) is 11.1 Å². The van der Waals surface area contributed by atoms with Crippen molar-refractivity contribution < 1.29 is 19.1 Å². The van der Waals surface area contributed by atoms with Crippen LogP contribution in [0.15, 0.2) is 42.5 Å². The number of carbonyl (C=O) groups is 2. The first-order chi connectivity index (χ1) is 13.6. The lowest BCUT2D eigenvalue weighted by atomic mass is 10.1. The number of rotatable bonds is 6. The minimum atomic E-state index is -0.427. The Morgan fingerprint density at radius 2 is 1.54 bits per heavy atom. The first-order valence-corrected chi connectivity index (χ1v) is 9.65. The van der Waals surface area contributed by atoms with E-state index in [0.717, 1.165) is 24.8 Å². The van der Waals surface area contributed by atoms with Crippen LogP contribution in [-0.4, -0.2) is 25.0 Å². The lowest BCUT2D eigenvalue weighted by Gasteiger charge is -2.16. The molecule has 2 amide bonds. The van der Waals surface area contributed by atoms with Gasteiger partial charge < -0.3 is 9.47 Å². The summed E-state index contributed by atoms with van der Waals surface area (Å²) in [7, 11) is 1.54. The van der Waals surface area contributed by atoms with E-state index in [1.165, 1.54) is 12.8 Å². The summed E-state index contributed by atoms with van der Waals surface area (Å²) in [6.45, 7) is 2.05. The summed E-state index contributed by atoms with van der Waals surface area (Å²) in [5, 5.41) is 0. The summed E-state index contributed by atoms with van der Waals surface area (Å²) in [5.41, 5.74) is 6.87. The lowest BCUT2D eigenvalue weighted by Crippen LogP contribution is -2.41. The maximum atomic E-state index is 12.4. The van der Waals surface area contributed by atoms with Crippen LogP contribution in [0.25, 0.3) is 0 Å². The molecule has 0 saturated heterocycles. The lowest BCUT2D eigenvalue weighted by molar-refractivity contribution is 0.0846. The molecule has 1 aliphatic carbocycles. The van der Waals surface area contributed by atoms with Gasteiger partial charge in [0.15, 0.2) is 11.5 Å². The second kappa shape index (κ2) is 9.26. The van der Waals surface area contributed by atoms with Gasteiger partial charge in [-0.05, 0) is 68.0 Å². The standard InChI is InChI=1S/C22H26N2O4/c1-3-15-8-10-16(11-9-15)21(25)23-24-22(26)17-12-13-19(20(14-17)27-2)28-18-6-4-5-7-18/h8-14,18H,3-7H2,1-2H3,(H,23,25)(H,24,26). The zero-order valence-corrected chi connectivity index (χ0v) is 16.3. The predicted octanol–water partition coefficient (Wildman–Crippen LogP) is 3.65. The van der Waals surface area contributed by atoms with Crippen molar-refractivity contribution in [1.29, 1.82) is 0 Å². The number of hydrazine groups is 1. The first kappa shape index (κ1) is 19.7. The molecule has 6 nitrogen and oxygen atoms in total. The highest BCUT2D eigenvalue weighted by molar-refractivity contribution is 5.99. The number of aryl methyl sites for hydroxylation is 1. The van der Waals surface area contributed by atoms with Crippen molar-refractivity contribution in [2.45, 2.75) is 45.1 Å². The molecule has 0 unspecified atom stereocenters. The number of hydrogen-bond donors (Lipinski definition) is 2. The van der Waals surface area contributed by atoms with Gasteiger partial charge in [-0.2, -0.15) is 0 Å². The van der Waals surface area contributed by atoms with Gasteiger partial charge in [0.05, 0.1) is 13.2 Å². The molecule has 2 N–H and O–H groups in total. The molecule has 0 aromatic heterocycles. The number of nitrogens with one attached hydrogen (secondary N) is 2. The van der Waals surface area contributed by atoms with Crippen LogP contribution in [0.5, 0.6) is 11.5 Å². The van der Waals surface area contributed by atoms with Gasteiger partial charge in [0.25, 0.3) is 11.8 Å². The smallest absolute Gasteiger partial charge is 0.269 e. The second-order valence-electron chi connectivity index (χ2n) is 6.85. The summed E-state index contributed by atoms with van der Waals surface area (Å²) >= 11 is 0. The van der Waals surface area contributed by atoms with Crippen molar-refractivity contribution in [3.63, 3.8) is 0 Å². The molecule has 1 fully saturated rings. The fraction of sp³-hybridized carbons (Fsp3) is 0.364. The van der Waals surface area contributed by atoms with Crippen molar-refractivity contribution in [2.75, 3.05) is 7.11 Å². The largest absolute Gasteiger partial charge is 0.493 e. The van der Waals surface area contributed by atoms with Crippen LogP contribution in [0.3, 0.4) is 0 Å². The van der Waals surface area contributed by atoms with Gasteiger partial charge in [-0.1, -0.05) is 19.1 Å². The second-order valence-corrected chi connectivity index (χ2v) is 6.85. The number of hydrogen-bond acceptors (Lipinski definition) is 4. The Morgan fingerprint density at radius 3 is 2.14 bits per heavy atom. The minimum absolute atomic E-state index is 0.201. The minimum Gasteiger partial charge on any atom is -0.493 e. The van der Waals surface area contributed by atoms with E-state index in [1.807, 2.05) is 19.1 Å². The molecule has 3 rings (SSSR count). The number of benzene rings is 2. The van der Waals surface area contributed by atoms with E-state index >= 15 is 0 Å². The molecule has 148 valence electrons. The highest BCUT2D eigenvalue weighted by Crippen LogP contribution is 2.32. The zero-order valence-electron chi connectivity index (χ0n) is 16.3. The average molecular weight is 382 g/mol. The van der Waals surface area contributed by atoms with E-state index in [4.69, 9.17) is 9.47 Å². The molecular formula is C22H26N2O4. The summed E-state index contributed by atoms with van der Waals surface area (Å²) in [6.07, 6.45) is 5.53. The maximum Gasteiger partial charge on any atom is 0.269 e. The van der Waals surface area contributed by atoms with Gasteiger partial charge >= 0.3 is 0 Å². The van der Waals surface area contributed by atoms with Crippen LogP contribution in [0.4, 0.5) is 0 Å². The maximum absolute atomic E-state index is 12.4. The molecule has 1 saturated carbocycles. The van der Waals surface area contributed by atoms with Gasteiger partial charge in [-0.25, -0.2) is 0 Å². The molecule has 2 aromatic carbocycles. The number of amides is 2. The van der Waals surface area contributed by atoms with E-state index in [9.17, 15) is 9.59 Å². The molecule has 1 aliphatic rings. The Labute approximate surface area is 165 Å². The third-order valence-corrected chi connectivity index (χ3v) is 4.94. The highest BCUT2D eigenvalue weighted by atomic mass is 16.5. The van der Waals surface area contributed by atoms with Crippen molar-refractivity contribution >= 4 is 11.8 Å². The van der Waals surface area contributed by atoms with Crippen LogP contribution in [-0.2, 0) is 6.42 Å². The molecule has 2 aromatic rings. The van der Waals surface area contributed by atoms with Crippen LogP contribution >= 0.6 is 0 Å². The molecule has 0 radical (unpaired) electrons. The third kappa shape index (κ3) is 4.82. The summed E-state index contributed by atoms with van der Waals surface area (Å²) in [6, 6.07) is 12.3. The third-order valence-electron chi connectivity index (χ3n) is 4.94. The highest BCUT2D eigenvalue weighted by Gasteiger charge is 2.19. The molecule has 0 aliphatic heterocycles. The summed E-state index contributed by atoms with van der Waals surface area (Å²) < 4.78 is 11.4. The fourth-order valence-corrected chi connectivity index (χ4v) is 3.24. The van der Waals surface area contributed by atoms with E-state index in [2.05, 4.69) is 10.9 Å². The van der Waals surface area contributed by atoms with E-state index in [-0.39, 0.29) is 12.0 Å². The van der Waals surface area contributed by atoms with Gasteiger partial charge in [-0.15, -0.1) is 0 Å². The van der Waals surface area contributed by atoms with Gasteiger partial charge in [0.2, 0.25) is 0 Å². The topological polar surface area (TPSA) is 76.7 Å². The zero-order chi connectivity index (χ0) is 19.9. The quantitative estimate of drug-likeness (QED) is 0.748. The average Bonchev–Trinajstić information content (AvgIpc) is 3.25. The molecule has 0 atom stereocenters. The monoisotopic (exact) mass is 382 g/mol. The van der Waals surface area contributed by atoms with Crippen molar-refractivity contribution in [3.05, 3.63) is 59.2 Å². The molecule has 6 heteroatoms. The first-order valence-electron chi connectivity index (χ1n) is 9.65. The molecule has 0 heterocycles. The predicted molar refractivity (Wildman–Crippen MR) is 107 cm³/mol. The van der Waals surface area contributed by atoms with E-state index < -0.39 is 5.91 Å². The Bertz CT molecular complexity index is 827. The van der Waals surface area contributed by atoms with E-state index in [0.29, 0.717) is 22.6 Å².